The molecule has 23 heavy (non-hydrogen) atoms. The second-order valence-electron chi connectivity index (χ2n) is 4.66. The first-order valence-electron chi connectivity index (χ1n) is 6.73. The summed E-state index contributed by atoms with van der Waals surface area (Å²) < 4.78 is 11.1. The Balaban J connectivity index is 1.75. The van der Waals surface area contributed by atoms with Gasteiger partial charge in [0.25, 0.3) is 11.8 Å². The molecule has 0 atom stereocenters. The first kappa shape index (κ1) is 15.1. The molecule has 116 valence electrons. The maximum atomic E-state index is 11.4. The van der Waals surface area contributed by atoms with Crippen LogP contribution in [-0.4, -0.2) is 16.1 Å². The molecule has 0 radical (unpaired) electrons. The van der Waals surface area contributed by atoms with E-state index in [9.17, 15) is 4.79 Å². The lowest BCUT2D eigenvalue weighted by atomic mass is 10.2. The van der Waals surface area contributed by atoms with Gasteiger partial charge in [-0.05, 0) is 30.3 Å². The zero-order chi connectivity index (χ0) is 16.2. The number of aromatic nitrogens is 2. The van der Waals surface area contributed by atoms with Crippen molar-refractivity contribution in [3.63, 3.8) is 0 Å². The summed E-state index contributed by atoms with van der Waals surface area (Å²) in [6.45, 7) is 0.0156. The van der Waals surface area contributed by atoms with Crippen LogP contribution in [0.5, 0.6) is 5.75 Å². The third kappa shape index (κ3) is 3.49. The van der Waals surface area contributed by atoms with Crippen LogP contribution in [0.2, 0.25) is 5.02 Å². The molecule has 1 aromatic heterocycles. The van der Waals surface area contributed by atoms with Crippen LogP contribution < -0.4 is 10.5 Å². The minimum atomic E-state index is -0.627. The minimum absolute atomic E-state index is 0.0156. The van der Waals surface area contributed by atoms with Gasteiger partial charge in [0.1, 0.15) is 5.75 Å². The fourth-order valence-corrected chi connectivity index (χ4v) is 2.14. The van der Waals surface area contributed by atoms with Gasteiger partial charge in [0.15, 0.2) is 6.61 Å². The molecule has 2 N–H and O–H groups in total. The molecule has 2 aromatic carbocycles. The Kier molecular flexibility index (Phi) is 4.25. The monoisotopic (exact) mass is 329 g/mol. The summed E-state index contributed by atoms with van der Waals surface area (Å²) in [6, 6.07) is 14.0. The third-order valence-corrected chi connectivity index (χ3v) is 3.28. The molecule has 1 heterocycles. The Hall–Kier alpha value is -2.86. The van der Waals surface area contributed by atoms with Crippen LogP contribution >= 0.6 is 11.6 Å². The van der Waals surface area contributed by atoms with Crippen LogP contribution in [0.25, 0.3) is 11.5 Å². The Labute approximate surface area is 136 Å². The Morgan fingerprint density at radius 2 is 1.96 bits per heavy atom. The second kappa shape index (κ2) is 6.50. The van der Waals surface area contributed by atoms with E-state index in [0.29, 0.717) is 16.7 Å². The number of nitrogens with zero attached hydrogens (tertiary/aromatic N) is 2. The van der Waals surface area contributed by atoms with Crippen molar-refractivity contribution >= 4 is 17.5 Å². The van der Waals surface area contributed by atoms with Crippen LogP contribution in [0.4, 0.5) is 0 Å². The van der Waals surface area contributed by atoms with Crippen LogP contribution in [0, 0.1) is 0 Å². The molecule has 3 rings (SSSR count). The van der Waals surface area contributed by atoms with Crippen molar-refractivity contribution in [3.05, 3.63) is 65.0 Å². The van der Waals surface area contributed by atoms with Gasteiger partial charge in [-0.2, -0.15) is 0 Å². The molecule has 3 aromatic rings. The highest BCUT2D eigenvalue weighted by molar-refractivity contribution is 6.31. The third-order valence-electron chi connectivity index (χ3n) is 3.05. The number of benzene rings is 2. The van der Waals surface area contributed by atoms with Gasteiger partial charge in [-0.25, -0.2) is 0 Å². The van der Waals surface area contributed by atoms with Crippen molar-refractivity contribution in [1.82, 2.24) is 10.2 Å². The van der Waals surface area contributed by atoms with Gasteiger partial charge in [-0.1, -0.05) is 29.8 Å². The summed E-state index contributed by atoms with van der Waals surface area (Å²) in [5.74, 6) is 0.365. The molecule has 7 heteroatoms. The first-order valence-corrected chi connectivity index (χ1v) is 7.11. The molecular weight excluding hydrogens is 318 g/mol. The van der Waals surface area contributed by atoms with Gasteiger partial charge in [0, 0.05) is 10.6 Å². The predicted octanol–water partition coefficient (Wildman–Crippen LogP) is 3.07. The van der Waals surface area contributed by atoms with Crippen LogP contribution in [0.3, 0.4) is 0 Å². The predicted molar refractivity (Wildman–Crippen MR) is 84.0 cm³/mol. The molecule has 0 aliphatic rings. The molecule has 0 aliphatic heterocycles. The van der Waals surface area contributed by atoms with Crippen LogP contribution in [-0.2, 0) is 6.61 Å². The summed E-state index contributed by atoms with van der Waals surface area (Å²) >= 11 is 5.85. The van der Waals surface area contributed by atoms with Gasteiger partial charge in [-0.15, -0.1) is 10.2 Å². The van der Waals surface area contributed by atoms with E-state index in [4.69, 9.17) is 26.5 Å². The number of nitrogens with two attached hydrogens (primary N) is 1. The van der Waals surface area contributed by atoms with Gasteiger partial charge < -0.3 is 14.9 Å². The molecule has 0 aliphatic carbocycles. The SMILES string of the molecule is NC(=O)c1cc(Cl)ccc1OCc1nnc(-c2ccccc2)o1. The van der Waals surface area contributed by atoms with Crippen molar-refractivity contribution in [2.24, 2.45) is 5.73 Å². The molecule has 0 bridgehead atoms. The van der Waals surface area contributed by atoms with Gasteiger partial charge >= 0.3 is 0 Å². The molecule has 0 saturated carbocycles. The molecule has 0 fully saturated rings. The maximum absolute atomic E-state index is 11.4. The first-order chi connectivity index (χ1) is 11.1. The standard InChI is InChI=1S/C16H12ClN3O3/c17-11-6-7-13(12(8-11)15(18)21)22-9-14-19-20-16(23-14)10-4-2-1-3-5-10/h1-8H,9H2,(H2,18,21). The topological polar surface area (TPSA) is 91.2 Å². The Bertz CT molecular complexity index is 834. The fraction of sp³-hybridized carbons (Fsp3) is 0.0625. The largest absolute Gasteiger partial charge is 0.483 e. The van der Waals surface area contributed by atoms with Crippen molar-refractivity contribution in [1.29, 1.82) is 0 Å². The number of hydrogen-bond acceptors (Lipinski definition) is 5. The second-order valence-corrected chi connectivity index (χ2v) is 5.10. The van der Waals surface area contributed by atoms with E-state index in [0.717, 1.165) is 5.56 Å². The van der Waals surface area contributed by atoms with Crippen molar-refractivity contribution in [3.8, 4) is 17.2 Å². The number of carbonyl (C=O) groups is 1. The summed E-state index contributed by atoms with van der Waals surface area (Å²) in [4.78, 5) is 11.4. The van der Waals surface area contributed by atoms with E-state index in [1.807, 2.05) is 30.3 Å². The number of halogens is 1. The highest BCUT2D eigenvalue weighted by Crippen LogP contribution is 2.24. The zero-order valence-electron chi connectivity index (χ0n) is 11.9. The normalized spacial score (nSPS) is 10.5. The molecular formula is C16H12ClN3O3. The summed E-state index contributed by atoms with van der Waals surface area (Å²) in [5, 5.41) is 8.28. The zero-order valence-corrected chi connectivity index (χ0v) is 12.7. The molecule has 0 spiro atoms. The summed E-state index contributed by atoms with van der Waals surface area (Å²) in [5.41, 5.74) is 6.31. The van der Waals surface area contributed by atoms with E-state index in [1.54, 1.807) is 12.1 Å². The average Bonchev–Trinajstić information content (AvgIpc) is 3.03. The number of primary amides is 1. The smallest absolute Gasteiger partial charge is 0.254 e. The minimum Gasteiger partial charge on any atom is -0.483 e. The molecule has 1 amide bonds. The Morgan fingerprint density at radius 1 is 1.17 bits per heavy atom. The highest BCUT2D eigenvalue weighted by Gasteiger charge is 2.13. The lowest BCUT2D eigenvalue weighted by molar-refractivity contribution is 0.0995. The van der Waals surface area contributed by atoms with Crippen molar-refractivity contribution in [2.75, 3.05) is 0 Å². The van der Waals surface area contributed by atoms with Gasteiger partial charge in [0.2, 0.25) is 5.89 Å². The van der Waals surface area contributed by atoms with Crippen LogP contribution in [0.1, 0.15) is 16.2 Å². The molecule has 0 unspecified atom stereocenters. The number of carbonyl (C=O) groups excluding carboxylic acids is 1. The Morgan fingerprint density at radius 3 is 2.70 bits per heavy atom. The highest BCUT2D eigenvalue weighted by atomic mass is 35.5. The lowest BCUT2D eigenvalue weighted by Crippen LogP contribution is -2.13. The van der Waals surface area contributed by atoms with Gasteiger partial charge in [-0.3, -0.25) is 4.79 Å². The summed E-state index contributed by atoms with van der Waals surface area (Å²) in [7, 11) is 0. The van der Waals surface area contributed by atoms with Crippen molar-refractivity contribution in [2.45, 2.75) is 6.61 Å². The number of rotatable bonds is 5. The van der Waals surface area contributed by atoms with Crippen LogP contribution in [0.15, 0.2) is 52.9 Å². The number of ether oxygens (including phenoxy) is 1. The van der Waals surface area contributed by atoms with Gasteiger partial charge in [0.05, 0.1) is 5.56 Å². The van der Waals surface area contributed by atoms with E-state index < -0.39 is 5.91 Å². The van der Waals surface area contributed by atoms with Crippen molar-refractivity contribution < 1.29 is 13.9 Å². The quantitative estimate of drug-likeness (QED) is 0.776. The molecule has 6 nitrogen and oxygen atoms in total. The average molecular weight is 330 g/mol. The lowest BCUT2D eigenvalue weighted by Gasteiger charge is -2.07. The number of amides is 1. The fourth-order valence-electron chi connectivity index (χ4n) is 1.97. The molecule has 0 saturated heterocycles. The number of hydrogen-bond donors (Lipinski definition) is 1. The maximum Gasteiger partial charge on any atom is 0.254 e. The van der Waals surface area contributed by atoms with E-state index in [1.165, 1.54) is 6.07 Å². The van der Waals surface area contributed by atoms with E-state index >= 15 is 0 Å². The van der Waals surface area contributed by atoms with E-state index in [-0.39, 0.29) is 18.1 Å². The summed E-state index contributed by atoms with van der Waals surface area (Å²) in [6.07, 6.45) is 0. The van der Waals surface area contributed by atoms with E-state index in [2.05, 4.69) is 10.2 Å².